The second kappa shape index (κ2) is 10.9. The fourth-order valence-corrected chi connectivity index (χ4v) is 3.74. The normalized spacial score (nSPS) is 15.4. The van der Waals surface area contributed by atoms with Crippen molar-refractivity contribution in [2.45, 2.75) is 26.9 Å². The third-order valence-corrected chi connectivity index (χ3v) is 5.60. The number of rotatable bonds is 9. The van der Waals surface area contributed by atoms with Crippen molar-refractivity contribution in [3.63, 3.8) is 0 Å². The van der Waals surface area contributed by atoms with Gasteiger partial charge in [-0.3, -0.25) is 9.59 Å². The van der Waals surface area contributed by atoms with E-state index in [2.05, 4.69) is 19.2 Å². The van der Waals surface area contributed by atoms with Crippen LogP contribution in [-0.2, 0) is 16.2 Å². The molecule has 1 aliphatic heterocycles. The topological polar surface area (TPSA) is 67.9 Å². The van der Waals surface area contributed by atoms with Gasteiger partial charge in [0.1, 0.15) is 18.1 Å². The monoisotopic (exact) mass is 458 g/mol. The summed E-state index contributed by atoms with van der Waals surface area (Å²) in [6.07, 6.45) is 0.188. The molecule has 3 aromatic rings. The molecule has 1 saturated heterocycles. The van der Waals surface area contributed by atoms with E-state index in [0.29, 0.717) is 31.4 Å². The molecule has 0 unspecified atom stereocenters. The molecule has 34 heavy (non-hydrogen) atoms. The van der Waals surface area contributed by atoms with Crippen molar-refractivity contribution in [2.24, 2.45) is 11.8 Å². The number of hydrogen-bond acceptors (Lipinski definition) is 4. The van der Waals surface area contributed by atoms with E-state index in [-0.39, 0.29) is 18.2 Å². The van der Waals surface area contributed by atoms with Crippen molar-refractivity contribution >= 4 is 23.2 Å². The predicted octanol–water partition coefficient (Wildman–Crippen LogP) is 5.29. The third-order valence-electron chi connectivity index (χ3n) is 5.60. The molecule has 1 fully saturated rings. The van der Waals surface area contributed by atoms with Gasteiger partial charge in [0.25, 0.3) is 0 Å². The lowest BCUT2D eigenvalue weighted by atomic mass is 10.1. The second-order valence-electron chi connectivity index (χ2n) is 8.89. The Kier molecular flexibility index (Phi) is 7.48. The molecule has 1 aliphatic rings. The Bertz CT molecular complexity index is 1100. The Labute approximate surface area is 200 Å². The van der Waals surface area contributed by atoms with E-state index in [1.165, 1.54) is 0 Å². The third kappa shape index (κ3) is 6.16. The van der Waals surface area contributed by atoms with Crippen molar-refractivity contribution < 1.29 is 19.1 Å². The summed E-state index contributed by atoms with van der Waals surface area (Å²) < 4.78 is 11.5. The van der Waals surface area contributed by atoms with Gasteiger partial charge >= 0.3 is 0 Å². The molecule has 0 radical (unpaired) electrons. The molecule has 6 heteroatoms. The van der Waals surface area contributed by atoms with E-state index in [9.17, 15) is 9.59 Å². The van der Waals surface area contributed by atoms with Crippen LogP contribution < -0.4 is 19.7 Å². The number of carbonyl (C=O) groups excluding carboxylic acids is 2. The molecular weight excluding hydrogens is 428 g/mol. The van der Waals surface area contributed by atoms with Gasteiger partial charge in [-0.25, -0.2) is 0 Å². The van der Waals surface area contributed by atoms with Crippen molar-refractivity contribution in [3.05, 3.63) is 84.4 Å². The molecule has 1 atom stereocenters. The van der Waals surface area contributed by atoms with Crippen LogP contribution in [0.15, 0.2) is 78.9 Å². The summed E-state index contributed by atoms with van der Waals surface area (Å²) in [7, 11) is 0. The maximum Gasteiger partial charge on any atom is 0.229 e. The van der Waals surface area contributed by atoms with Gasteiger partial charge in [-0.2, -0.15) is 0 Å². The van der Waals surface area contributed by atoms with Crippen LogP contribution in [0.25, 0.3) is 0 Å². The summed E-state index contributed by atoms with van der Waals surface area (Å²) in [5.41, 5.74) is 2.54. The summed E-state index contributed by atoms with van der Waals surface area (Å²) in [4.78, 5) is 27.0. The summed E-state index contributed by atoms with van der Waals surface area (Å²) in [5, 5.41) is 2.92. The van der Waals surface area contributed by atoms with Crippen molar-refractivity contribution in [3.8, 4) is 11.5 Å². The van der Waals surface area contributed by atoms with E-state index >= 15 is 0 Å². The van der Waals surface area contributed by atoms with Crippen LogP contribution in [0.5, 0.6) is 11.5 Å². The van der Waals surface area contributed by atoms with Gasteiger partial charge in [0, 0.05) is 24.3 Å². The van der Waals surface area contributed by atoms with Crippen LogP contribution in [0.2, 0.25) is 0 Å². The van der Waals surface area contributed by atoms with E-state index in [1.54, 1.807) is 4.90 Å². The highest BCUT2D eigenvalue weighted by Crippen LogP contribution is 2.28. The molecule has 2 amide bonds. The van der Waals surface area contributed by atoms with Gasteiger partial charge < -0.3 is 19.7 Å². The number of anilines is 2. The Morgan fingerprint density at radius 1 is 0.941 bits per heavy atom. The summed E-state index contributed by atoms with van der Waals surface area (Å²) in [6.45, 7) is 5.66. The van der Waals surface area contributed by atoms with Crippen molar-refractivity contribution in [1.82, 2.24) is 0 Å². The first-order chi connectivity index (χ1) is 16.5. The maximum absolute atomic E-state index is 12.8. The smallest absolute Gasteiger partial charge is 0.229 e. The molecule has 0 spiro atoms. The SMILES string of the molecule is CC(C)COc1ccc(NC(=O)[C@H]2CC(=O)N(c3ccc(OCc4ccccc4)cc3)C2)cc1. The second-order valence-corrected chi connectivity index (χ2v) is 8.89. The highest BCUT2D eigenvalue weighted by atomic mass is 16.5. The molecule has 1 heterocycles. The number of hydrogen-bond donors (Lipinski definition) is 1. The number of ether oxygens (including phenoxy) is 2. The average molecular weight is 459 g/mol. The van der Waals surface area contributed by atoms with E-state index < -0.39 is 5.92 Å². The highest BCUT2D eigenvalue weighted by molar-refractivity contribution is 6.03. The minimum Gasteiger partial charge on any atom is -0.493 e. The fraction of sp³-hybridized carbons (Fsp3) is 0.286. The first kappa shape index (κ1) is 23.4. The minimum absolute atomic E-state index is 0.0597. The number of carbonyl (C=O) groups is 2. The van der Waals surface area contributed by atoms with Crippen LogP contribution in [0.3, 0.4) is 0 Å². The zero-order valence-corrected chi connectivity index (χ0v) is 19.6. The van der Waals surface area contributed by atoms with Gasteiger partial charge in [-0.1, -0.05) is 44.2 Å². The number of nitrogens with one attached hydrogen (secondary N) is 1. The molecule has 176 valence electrons. The Hall–Kier alpha value is -3.80. The Morgan fingerprint density at radius 3 is 2.26 bits per heavy atom. The lowest BCUT2D eigenvalue weighted by molar-refractivity contribution is -0.122. The summed E-state index contributed by atoms with van der Waals surface area (Å²) in [6, 6.07) is 24.7. The minimum atomic E-state index is -0.404. The molecule has 0 bridgehead atoms. The van der Waals surface area contributed by atoms with E-state index in [1.807, 2.05) is 78.9 Å². The van der Waals surface area contributed by atoms with Crippen LogP contribution in [0.4, 0.5) is 11.4 Å². The van der Waals surface area contributed by atoms with Crippen LogP contribution in [-0.4, -0.2) is 25.0 Å². The largest absolute Gasteiger partial charge is 0.493 e. The molecule has 1 N–H and O–H groups in total. The van der Waals surface area contributed by atoms with Gasteiger partial charge in [0.15, 0.2) is 0 Å². The van der Waals surface area contributed by atoms with Crippen LogP contribution in [0.1, 0.15) is 25.8 Å². The molecule has 3 aromatic carbocycles. The van der Waals surface area contributed by atoms with Crippen molar-refractivity contribution in [2.75, 3.05) is 23.4 Å². The van der Waals surface area contributed by atoms with Gasteiger partial charge in [0.2, 0.25) is 11.8 Å². The average Bonchev–Trinajstić information content (AvgIpc) is 3.25. The molecule has 0 aromatic heterocycles. The number of nitrogens with zero attached hydrogens (tertiary/aromatic N) is 1. The molecule has 0 aliphatic carbocycles. The zero-order chi connectivity index (χ0) is 23.9. The standard InChI is InChI=1S/C28H30N2O4/c1-20(2)18-33-25-12-8-23(9-13-25)29-28(32)22-16-27(31)30(17-22)24-10-14-26(15-11-24)34-19-21-6-4-3-5-7-21/h3-15,20,22H,16-19H2,1-2H3,(H,29,32)/t22-/m0/s1. The van der Waals surface area contributed by atoms with Crippen LogP contribution >= 0.6 is 0 Å². The Morgan fingerprint density at radius 2 is 1.59 bits per heavy atom. The first-order valence-corrected chi connectivity index (χ1v) is 11.6. The quantitative estimate of drug-likeness (QED) is 0.473. The molecule has 4 rings (SSSR count). The van der Waals surface area contributed by atoms with Crippen LogP contribution in [0, 0.1) is 11.8 Å². The number of amides is 2. The summed E-state index contributed by atoms with van der Waals surface area (Å²) in [5.74, 6) is 1.32. The van der Waals surface area contributed by atoms with Gasteiger partial charge in [0.05, 0.1) is 12.5 Å². The molecule has 6 nitrogen and oxygen atoms in total. The first-order valence-electron chi connectivity index (χ1n) is 11.6. The predicted molar refractivity (Wildman–Crippen MR) is 133 cm³/mol. The highest BCUT2D eigenvalue weighted by Gasteiger charge is 2.35. The molecule has 0 saturated carbocycles. The fourth-order valence-electron chi connectivity index (χ4n) is 3.74. The lowest BCUT2D eigenvalue weighted by Crippen LogP contribution is -2.28. The van der Waals surface area contributed by atoms with Gasteiger partial charge in [-0.15, -0.1) is 0 Å². The van der Waals surface area contributed by atoms with E-state index in [4.69, 9.17) is 9.47 Å². The zero-order valence-electron chi connectivity index (χ0n) is 19.6. The molecular formula is C28H30N2O4. The van der Waals surface area contributed by atoms with Crippen molar-refractivity contribution in [1.29, 1.82) is 0 Å². The van der Waals surface area contributed by atoms with E-state index in [0.717, 1.165) is 22.7 Å². The van der Waals surface area contributed by atoms with Gasteiger partial charge in [-0.05, 0) is 60.0 Å². The number of benzene rings is 3. The summed E-state index contributed by atoms with van der Waals surface area (Å²) >= 11 is 0. The Balaban J connectivity index is 1.30. The maximum atomic E-state index is 12.8. The lowest BCUT2D eigenvalue weighted by Gasteiger charge is -2.17.